The molecule has 4 amide bonds. The predicted molar refractivity (Wildman–Crippen MR) is 72.4 cm³/mol. The molecular weight excluding hydrogens is 258 g/mol. The van der Waals surface area contributed by atoms with E-state index in [0.29, 0.717) is 13.0 Å². The van der Waals surface area contributed by atoms with Gasteiger partial charge in [-0.3, -0.25) is 19.9 Å². The molecule has 0 radical (unpaired) electrons. The number of benzene rings is 1. The SMILES string of the molecule is CCCN1C(=O)CN(NC(=O)Cc2ccccc2)C1=O. The molecule has 0 aliphatic carbocycles. The Labute approximate surface area is 117 Å². The zero-order valence-electron chi connectivity index (χ0n) is 11.3. The van der Waals surface area contributed by atoms with Crippen molar-refractivity contribution in [2.24, 2.45) is 0 Å². The lowest BCUT2D eigenvalue weighted by molar-refractivity contribution is -0.126. The van der Waals surface area contributed by atoms with Crippen LogP contribution in [0.4, 0.5) is 4.79 Å². The molecule has 0 atom stereocenters. The third-order valence-corrected chi connectivity index (χ3v) is 2.97. The highest BCUT2D eigenvalue weighted by Gasteiger charge is 2.36. The van der Waals surface area contributed by atoms with Crippen LogP contribution in [0, 0.1) is 0 Å². The molecule has 0 unspecified atom stereocenters. The number of carbonyl (C=O) groups is 3. The fraction of sp³-hybridized carbons (Fsp3) is 0.357. The van der Waals surface area contributed by atoms with Crippen molar-refractivity contribution in [2.75, 3.05) is 13.1 Å². The summed E-state index contributed by atoms with van der Waals surface area (Å²) in [5, 5.41) is 1.07. The van der Waals surface area contributed by atoms with Crippen LogP contribution in [0.15, 0.2) is 30.3 Å². The Bertz CT molecular complexity index is 516. The predicted octanol–water partition coefficient (Wildman–Crippen LogP) is 0.934. The van der Waals surface area contributed by atoms with Gasteiger partial charge in [0.15, 0.2) is 0 Å². The topological polar surface area (TPSA) is 69.7 Å². The molecule has 1 aliphatic rings. The largest absolute Gasteiger partial charge is 0.345 e. The van der Waals surface area contributed by atoms with Gasteiger partial charge in [0, 0.05) is 6.54 Å². The molecule has 106 valence electrons. The molecule has 1 saturated heterocycles. The number of hydrogen-bond acceptors (Lipinski definition) is 3. The quantitative estimate of drug-likeness (QED) is 0.813. The number of urea groups is 1. The molecule has 1 aromatic carbocycles. The normalized spacial score (nSPS) is 14.8. The van der Waals surface area contributed by atoms with Crippen molar-refractivity contribution in [1.29, 1.82) is 0 Å². The maximum atomic E-state index is 11.9. The zero-order chi connectivity index (χ0) is 14.5. The van der Waals surface area contributed by atoms with Crippen molar-refractivity contribution in [2.45, 2.75) is 19.8 Å². The number of nitrogens with zero attached hydrogens (tertiary/aromatic N) is 2. The third kappa shape index (κ3) is 3.14. The van der Waals surface area contributed by atoms with E-state index in [9.17, 15) is 14.4 Å². The van der Waals surface area contributed by atoms with Crippen molar-refractivity contribution < 1.29 is 14.4 Å². The molecule has 20 heavy (non-hydrogen) atoms. The summed E-state index contributed by atoms with van der Waals surface area (Å²) in [5.41, 5.74) is 3.33. The fourth-order valence-electron chi connectivity index (χ4n) is 2.04. The van der Waals surface area contributed by atoms with Crippen LogP contribution < -0.4 is 5.43 Å². The number of rotatable bonds is 5. The van der Waals surface area contributed by atoms with Crippen molar-refractivity contribution in [1.82, 2.24) is 15.3 Å². The Morgan fingerprint density at radius 2 is 1.95 bits per heavy atom. The lowest BCUT2D eigenvalue weighted by Crippen LogP contribution is -2.45. The number of hydrogen-bond donors (Lipinski definition) is 1. The highest BCUT2D eigenvalue weighted by molar-refractivity contribution is 6.02. The van der Waals surface area contributed by atoms with Gasteiger partial charge in [-0.1, -0.05) is 37.3 Å². The van der Waals surface area contributed by atoms with Gasteiger partial charge in [-0.2, -0.15) is 0 Å². The molecule has 0 saturated carbocycles. The van der Waals surface area contributed by atoms with Crippen LogP contribution in [0.3, 0.4) is 0 Å². The second-order valence-electron chi connectivity index (χ2n) is 4.61. The highest BCUT2D eigenvalue weighted by Crippen LogP contribution is 2.09. The lowest BCUT2D eigenvalue weighted by atomic mass is 10.1. The van der Waals surface area contributed by atoms with Crippen molar-refractivity contribution >= 4 is 17.8 Å². The first-order valence-corrected chi connectivity index (χ1v) is 6.57. The summed E-state index contributed by atoms with van der Waals surface area (Å²) >= 11 is 0. The Morgan fingerprint density at radius 3 is 2.60 bits per heavy atom. The first-order valence-electron chi connectivity index (χ1n) is 6.57. The summed E-state index contributed by atoms with van der Waals surface area (Å²) in [4.78, 5) is 36.6. The first kappa shape index (κ1) is 14.0. The van der Waals surface area contributed by atoms with E-state index < -0.39 is 6.03 Å². The molecule has 2 rings (SSSR count). The van der Waals surface area contributed by atoms with Gasteiger partial charge in [0.25, 0.3) is 5.91 Å². The van der Waals surface area contributed by atoms with Gasteiger partial charge < -0.3 is 0 Å². The smallest absolute Gasteiger partial charge is 0.273 e. The van der Waals surface area contributed by atoms with Crippen molar-refractivity contribution in [3.05, 3.63) is 35.9 Å². The highest BCUT2D eigenvalue weighted by atomic mass is 16.2. The molecule has 0 aromatic heterocycles. The van der Waals surface area contributed by atoms with E-state index >= 15 is 0 Å². The number of imide groups is 1. The summed E-state index contributed by atoms with van der Waals surface area (Å²) in [6, 6.07) is 8.76. The summed E-state index contributed by atoms with van der Waals surface area (Å²) in [6.45, 7) is 2.17. The van der Waals surface area contributed by atoms with E-state index in [-0.39, 0.29) is 24.8 Å². The fourth-order valence-corrected chi connectivity index (χ4v) is 2.04. The second-order valence-corrected chi connectivity index (χ2v) is 4.61. The number of hydrazine groups is 1. The minimum Gasteiger partial charge on any atom is -0.273 e. The number of carbonyl (C=O) groups excluding carboxylic acids is 3. The molecular formula is C14H17N3O3. The molecule has 1 aliphatic heterocycles. The molecule has 0 bridgehead atoms. The molecule has 1 aromatic rings. The zero-order valence-corrected chi connectivity index (χ0v) is 11.3. The molecule has 0 spiro atoms. The van der Waals surface area contributed by atoms with Crippen LogP contribution in [-0.4, -0.2) is 40.8 Å². The third-order valence-electron chi connectivity index (χ3n) is 2.97. The van der Waals surface area contributed by atoms with E-state index in [4.69, 9.17) is 0 Å². The average molecular weight is 275 g/mol. The maximum Gasteiger partial charge on any atom is 0.345 e. The Hall–Kier alpha value is -2.37. The van der Waals surface area contributed by atoms with Crippen LogP contribution in [0.25, 0.3) is 0 Å². The molecule has 1 N–H and O–H groups in total. The molecule has 1 heterocycles. The van der Waals surface area contributed by atoms with E-state index in [1.165, 1.54) is 0 Å². The standard InChI is InChI=1S/C14H17N3O3/c1-2-8-16-13(19)10-17(14(16)20)15-12(18)9-11-6-4-3-5-7-11/h3-7H,2,8-10H2,1H3,(H,15,18). The van der Waals surface area contributed by atoms with Crippen LogP contribution in [-0.2, 0) is 16.0 Å². The Morgan fingerprint density at radius 1 is 1.25 bits per heavy atom. The van der Waals surface area contributed by atoms with Crippen molar-refractivity contribution in [3.63, 3.8) is 0 Å². The van der Waals surface area contributed by atoms with Crippen LogP contribution in [0.5, 0.6) is 0 Å². The monoisotopic (exact) mass is 275 g/mol. The second kappa shape index (κ2) is 6.18. The van der Waals surface area contributed by atoms with E-state index in [1.54, 1.807) is 0 Å². The number of amides is 4. The van der Waals surface area contributed by atoms with Crippen molar-refractivity contribution in [3.8, 4) is 0 Å². The summed E-state index contributed by atoms with van der Waals surface area (Å²) in [7, 11) is 0. The van der Waals surface area contributed by atoms with Crippen LogP contribution in [0.1, 0.15) is 18.9 Å². The van der Waals surface area contributed by atoms with E-state index in [0.717, 1.165) is 15.5 Å². The lowest BCUT2D eigenvalue weighted by Gasteiger charge is -2.17. The van der Waals surface area contributed by atoms with E-state index in [2.05, 4.69) is 5.43 Å². The Balaban J connectivity index is 1.92. The van der Waals surface area contributed by atoms with Crippen LogP contribution in [0.2, 0.25) is 0 Å². The average Bonchev–Trinajstić information content (AvgIpc) is 2.68. The van der Waals surface area contributed by atoms with Gasteiger partial charge >= 0.3 is 6.03 Å². The minimum absolute atomic E-state index is 0.0979. The van der Waals surface area contributed by atoms with Gasteiger partial charge in [-0.25, -0.2) is 9.80 Å². The number of nitrogens with one attached hydrogen (secondary N) is 1. The van der Waals surface area contributed by atoms with Gasteiger partial charge in [0.05, 0.1) is 6.42 Å². The van der Waals surface area contributed by atoms with Gasteiger partial charge in [-0.15, -0.1) is 0 Å². The molecule has 6 nitrogen and oxygen atoms in total. The summed E-state index contributed by atoms with van der Waals surface area (Å²) < 4.78 is 0. The molecule has 6 heteroatoms. The van der Waals surface area contributed by atoms with Gasteiger partial charge in [-0.05, 0) is 12.0 Å². The summed E-state index contributed by atoms with van der Waals surface area (Å²) in [5.74, 6) is -0.590. The maximum absolute atomic E-state index is 11.9. The Kier molecular flexibility index (Phi) is 4.34. The van der Waals surface area contributed by atoms with Gasteiger partial charge in [0.1, 0.15) is 6.54 Å². The van der Waals surface area contributed by atoms with Crippen LogP contribution >= 0.6 is 0 Å². The summed E-state index contributed by atoms with van der Waals surface area (Å²) in [6.07, 6.45) is 0.871. The molecule has 1 fully saturated rings. The first-order chi connectivity index (χ1) is 9.61. The minimum atomic E-state index is -0.460. The van der Waals surface area contributed by atoms with E-state index in [1.807, 2.05) is 37.3 Å². The van der Waals surface area contributed by atoms with Gasteiger partial charge in [0.2, 0.25) is 5.91 Å².